The molecule has 1 aromatic carbocycles. The summed E-state index contributed by atoms with van der Waals surface area (Å²) in [6.45, 7) is 2.29. The minimum absolute atomic E-state index is 0.123. The summed E-state index contributed by atoms with van der Waals surface area (Å²) in [5, 5.41) is 5.57. The zero-order chi connectivity index (χ0) is 13.5. The van der Waals surface area contributed by atoms with E-state index < -0.39 is 0 Å². The molecule has 0 atom stereocenters. The lowest BCUT2D eigenvalue weighted by atomic mass is 10.1. The molecule has 0 saturated carbocycles. The molecule has 0 aliphatic rings. The number of nitrogens with one attached hydrogen (secondary N) is 2. The summed E-state index contributed by atoms with van der Waals surface area (Å²) in [4.78, 5) is 11.6. The van der Waals surface area contributed by atoms with Crippen LogP contribution in [0.15, 0.2) is 12.1 Å². The summed E-state index contributed by atoms with van der Waals surface area (Å²) in [5.74, 6) is 1.26. The predicted octanol–water partition coefficient (Wildman–Crippen LogP) is 1.42. The smallest absolute Gasteiger partial charge is 0.238 e. The molecule has 0 aliphatic heterocycles. The molecule has 0 aromatic heterocycles. The van der Waals surface area contributed by atoms with Crippen molar-refractivity contribution >= 4 is 11.6 Å². The van der Waals surface area contributed by atoms with Gasteiger partial charge in [0, 0.05) is 6.07 Å². The molecule has 0 radical (unpaired) electrons. The predicted molar refractivity (Wildman–Crippen MR) is 71.5 cm³/mol. The minimum atomic E-state index is -0.123. The Hall–Kier alpha value is -1.75. The van der Waals surface area contributed by atoms with Crippen LogP contribution in [-0.2, 0) is 11.2 Å². The molecule has 18 heavy (non-hydrogen) atoms. The fraction of sp³-hybridized carbons (Fsp3) is 0.462. The molecule has 100 valence electrons. The Labute approximate surface area is 107 Å². The normalized spacial score (nSPS) is 10.0. The quantitative estimate of drug-likeness (QED) is 0.804. The molecule has 5 nitrogen and oxygen atoms in total. The lowest BCUT2D eigenvalue weighted by Gasteiger charge is -2.14. The number of carbonyl (C=O) groups is 1. The third kappa shape index (κ3) is 3.37. The molecule has 0 fully saturated rings. The highest BCUT2D eigenvalue weighted by molar-refractivity contribution is 5.94. The van der Waals surface area contributed by atoms with Crippen molar-refractivity contribution < 1.29 is 14.3 Å². The van der Waals surface area contributed by atoms with Crippen LogP contribution in [0.1, 0.15) is 12.5 Å². The van der Waals surface area contributed by atoms with Gasteiger partial charge < -0.3 is 20.1 Å². The van der Waals surface area contributed by atoms with E-state index in [9.17, 15) is 4.79 Å². The largest absolute Gasteiger partial charge is 0.496 e. The van der Waals surface area contributed by atoms with Gasteiger partial charge in [-0.2, -0.15) is 0 Å². The van der Waals surface area contributed by atoms with Gasteiger partial charge in [-0.3, -0.25) is 4.79 Å². The second-order valence-corrected chi connectivity index (χ2v) is 3.80. The second-order valence-electron chi connectivity index (χ2n) is 3.80. The van der Waals surface area contributed by atoms with Gasteiger partial charge in [-0.25, -0.2) is 0 Å². The number of hydrogen-bond acceptors (Lipinski definition) is 4. The van der Waals surface area contributed by atoms with Gasteiger partial charge in [0.25, 0.3) is 0 Å². The monoisotopic (exact) mass is 252 g/mol. The van der Waals surface area contributed by atoms with Crippen LogP contribution in [0.25, 0.3) is 0 Å². The number of hydrogen-bond donors (Lipinski definition) is 2. The molecule has 0 unspecified atom stereocenters. The molecule has 0 spiro atoms. The Balaban J connectivity index is 3.05. The second kappa shape index (κ2) is 6.86. The topological polar surface area (TPSA) is 59.6 Å². The molecule has 0 saturated heterocycles. The van der Waals surface area contributed by atoms with E-state index in [-0.39, 0.29) is 12.5 Å². The maximum Gasteiger partial charge on any atom is 0.238 e. The average molecular weight is 252 g/mol. The lowest BCUT2D eigenvalue weighted by molar-refractivity contribution is -0.115. The number of methoxy groups -OCH3 is 2. The first-order chi connectivity index (χ1) is 8.65. The van der Waals surface area contributed by atoms with Crippen LogP contribution in [-0.4, -0.2) is 33.7 Å². The van der Waals surface area contributed by atoms with E-state index in [4.69, 9.17) is 9.47 Å². The van der Waals surface area contributed by atoms with Crippen LogP contribution in [0.2, 0.25) is 0 Å². The number of aryl methyl sites for hydroxylation is 1. The average Bonchev–Trinajstić information content (AvgIpc) is 2.38. The van der Waals surface area contributed by atoms with E-state index in [1.54, 1.807) is 27.3 Å². The Morgan fingerprint density at radius 1 is 1.22 bits per heavy atom. The summed E-state index contributed by atoms with van der Waals surface area (Å²) in [7, 11) is 4.91. The van der Waals surface area contributed by atoms with Crippen LogP contribution in [0.3, 0.4) is 0 Å². The van der Waals surface area contributed by atoms with Gasteiger partial charge in [0.15, 0.2) is 0 Å². The Morgan fingerprint density at radius 2 is 1.89 bits per heavy atom. The lowest BCUT2D eigenvalue weighted by Crippen LogP contribution is -2.25. The van der Waals surface area contributed by atoms with Gasteiger partial charge in [0.05, 0.1) is 26.5 Å². The van der Waals surface area contributed by atoms with Crippen molar-refractivity contribution in [2.45, 2.75) is 13.3 Å². The van der Waals surface area contributed by atoms with E-state index in [1.165, 1.54) is 0 Å². The van der Waals surface area contributed by atoms with E-state index in [2.05, 4.69) is 10.6 Å². The highest BCUT2D eigenvalue weighted by Crippen LogP contribution is 2.33. The number of carbonyl (C=O) groups excluding carboxylic acids is 1. The Morgan fingerprint density at radius 3 is 2.39 bits per heavy atom. The number of benzene rings is 1. The number of amides is 1. The van der Waals surface area contributed by atoms with Crippen LogP contribution in [0, 0.1) is 0 Å². The van der Waals surface area contributed by atoms with E-state index in [0.717, 1.165) is 17.7 Å². The Kier molecular flexibility index (Phi) is 5.45. The number of likely N-dealkylation sites (N-methyl/N-ethyl adjacent to an activating group) is 1. The number of rotatable bonds is 6. The molecule has 0 bridgehead atoms. The summed E-state index contributed by atoms with van der Waals surface area (Å²) >= 11 is 0. The number of anilines is 1. The fourth-order valence-corrected chi connectivity index (χ4v) is 1.69. The molecule has 1 rings (SSSR count). The minimum Gasteiger partial charge on any atom is -0.496 e. The Bertz CT molecular complexity index is 419. The van der Waals surface area contributed by atoms with Crippen molar-refractivity contribution in [2.75, 3.05) is 33.1 Å². The first-order valence-electron chi connectivity index (χ1n) is 5.85. The molecule has 2 N–H and O–H groups in total. The highest BCUT2D eigenvalue weighted by atomic mass is 16.5. The van der Waals surface area contributed by atoms with Gasteiger partial charge in [-0.05, 0) is 25.1 Å². The molecule has 1 amide bonds. The molecular weight excluding hydrogens is 232 g/mol. The van der Waals surface area contributed by atoms with Crippen molar-refractivity contribution in [1.29, 1.82) is 0 Å². The zero-order valence-corrected chi connectivity index (χ0v) is 11.3. The van der Waals surface area contributed by atoms with Crippen LogP contribution in [0.5, 0.6) is 11.5 Å². The van der Waals surface area contributed by atoms with E-state index in [0.29, 0.717) is 11.4 Å². The van der Waals surface area contributed by atoms with E-state index in [1.807, 2.05) is 13.0 Å². The SMILES string of the molecule is CCc1cc(OC)c(NC(=O)CNC)cc1OC. The summed E-state index contributed by atoms with van der Waals surface area (Å²) in [6, 6.07) is 3.67. The van der Waals surface area contributed by atoms with Crippen LogP contribution >= 0.6 is 0 Å². The highest BCUT2D eigenvalue weighted by Gasteiger charge is 2.12. The standard InChI is InChI=1S/C13H20N2O3/c1-5-9-6-12(18-4)10(7-11(9)17-3)15-13(16)8-14-2/h6-7,14H,5,8H2,1-4H3,(H,15,16). The van der Waals surface area contributed by atoms with Gasteiger partial charge in [0.2, 0.25) is 5.91 Å². The van der Waals surface area contributed by atoms with Crippen LogP contribution in [0.4, 0.5) is 5.69 Å². The third-order valence-electron chi connectivity index (χ3n) is 2.59. The van der Waals surface area contributed by atoms with Gasteiger partial charge >= 0.3 is 0 Å². The zero-order valence-electron chi connectivity index (χ0n) is 11.3. The maximum atomic E-state index is 11.6. The van der Waals surface area contributed by atoms with Gasteiger partial charge in [-0.1, -0.05) is 6.92 Å². The van der Waals surface area contributed by atoms with Gasteiger partial charge in [-0.15, -0.1) is 0 Å². The first-order valence-corrected chi connectivity index (χ1v) is 5.85. The van der Waals surface area contributed by atoms with Crippen molar-refractivity contribution in [3.8, 4) is 11.5 Å². The van der Waals surface area contributed by atoms with Crippen molar-refractivity contribution in [3.05, 3.63) is 17.7 Å². The van der Waals surface area contributed by atoms with Crippen molar-refractivity contribution in [3.63, 3.8) is 0 Å². The molecule has 5 heteroatoms. The summed E-state index contributed by atoms with van der Waals surface area (Å²) < 4.78 is 10.6. The first kappa shape index (κ1) is 14.3. The molecule has 0 aliphatic carbocycles. The van der Waals surface area contributed by atoms with Crippen LogP contribution < -0.4 is 20.1 Å². The molecular formula is C13H20N2O3. The maximum absolute atomic E-state index is 11.6. The van der Waals surface area contributed by atoms with Crippen molar-refractivity contribution in [1.82, 2.24) is 5.32 Å². The fourth-order valence-electron chi connectivity index (χ4n) is 1.69. The van der Waals surface area contributed by atoms with Gasteiger partial charge in [0.1, 0.15) is 11.5 Å². The van der Waals surface area contributed by atoms with Crippen molar-refractivity contribution in [2.24, 2.45) is 0 Å². The summed E-state index contributed by atoms with van der Waals surface area (Å²) in [6.07, 6.45) is 0.838. The molecule has 1 aromatic rings. The van der Waals surface area contributed by atoms with E-state index >= 15 is 0 Å². The number of ether oxygens (including phenoxy) is 2. The third-order valence-corrected chi connectivity index (χ3v) is 2.59. The molecule has 0 heterocycles. The summed E-state index contributed by atoms with van der Waals surface area (Å²) in [5.41, 5.74) is 1.66.